The number of rotatable bonds is 5. The molecule has 0 radical (unpaired) electrons. The number of aryl methyl sites for hydroxylation is 1. The zero-order valence-corrected chi connectivity index (χ0v) is 12.4. The molecule has 1 aromatic carbocycles. The Kier molecular flexibility index (Phi) is 4.32. The van der Waals surface area contributed by atoms with Gasteiger partial charge < -0.3 is 10.3 Å². The standard InChI is InChI=1S/C12H15ClN4O2S/c1-17-7-6-15-12(17)4-5-16-20(18,19)11-3-2-9(14)8-10(11)13/h2-3,6-8,16H,4-5,14H2,1H3. The summed E-state index contributed by atoms with van der Waals surface area (Å²) in [6.07, 6.45) is 3.97. The van der Waals surface area contributed by atoms with Crippen LogP contribution in [0.5, 0.6) is 0 Å². The highest BCUT2D eigenvalue weighted by Gasteiger charge is 2.17. The van der Waals surface area contributed by atoms with Crippen LogP contribution in [0.1, 0.15) is 5.82 Å². The predicted octanol–water partition coefficient (Wildman–Crippen LogP) is 1.18. The Bertz CT molecular complexity index is 712. The highest BCUT2D eigenvalue weighted by atomic mass is 35.5. The van der Waals surface area contributed by atoms with Crippen molar-refractivity contribution in [3.63, 3.8) is 0 Å². The lowest BCUT2D eigenvalue weighted by Gasteiger charge is -2.08. The molecule has 0 saturated heterocycles. The smallest absolute Gasteiger partial charge is 0.242 e. The van der Waals surface area contributed by atoms with Crippen LogP contribution >= 0.6 is 11.6 Å². The number of hydrogen-bond acceptors (Lipinski definition) is 4. The number of nitrogens with zero attached hydrogens (tertiary/aromatic N) is 2. The summed E-state index contributed by atoms with van der Waals surface area (Å²) < 4.78 is 28.6. The van der Waals surface area contributed by atoms with Crippen LogP contribution in [0.2, 0.25) is 5.02 Å². The molecule has 2 rings (SSSR count). The van der Waals surface area contributed by atoms with E-state index < -0.39 is 10.0 Å². The molecule has 108 valence electrons. The number of benzene rings is 1. The number of sulfonamides is 1. The molecule has 0 unspecified atom stereocenters. The van der Waals surface area contributed by atoms with E-state index in [4.69, 9.17) is 17.3 Å². The maximum Gasteiger partial charge on any atom is 0.242 e. The van der Waals surface area contributed by atoms with Crippen LogP contribution in [0.25, 0.3) is 0 Å². The lowest BCUT2D eigenvalue weighted by molar-refractivity contribution is 0.580. The van der Waals surface area contributed by atoms with Crippen molar-refractivity contribution in [3.05, 3.63) is 41.4 Å². The summed E-state index contributed by atoms with van der Waals surface area (Å²) >= 11 is 5.90. The number of imidazole rings is 1. The molecular formula is C12H15ClN4O2S. The van der Waals surface area contributed by atoms with Crippen LogP contribution in [-0.4, -0.2) is 24.5 Å². The first kappa shape index (κ1) is 14.8. The van der Waals surface area contributed by atoms with E-state index in [1.807, 2.05) is 11.6 Å². The van der Waals surface area contributed by atoms with Crippen molar-refractivity contribution in [2.24, 2.45) is 7.05 Å². The fraction of sp³-hybridized carbons (Fsp3) is 0.250. The van der Waals surface area contributed by atoms with Gasteiger partial charge in [-0.25, -0.2) is 18.1 Å². The van der Waals surface area contributed by atoms with Crippen LogP contribution < -0.4 is 10.5 Å². The van der Waals surface area contributed by atoms with Crippen LogP contribution in [0, 0.1) is 0 Å². The molecule has 0 aliphatic carbocycles. The third-order valence-corrected chi connectivity index (χ3v) is 4.75. The molecular weight excluding hydrogens is 300 g/mol. The summed E-state index contributed by atoms with van der Waals surface area (Å²) in [6.45, 7) is 0.244. The van der Waals surface area contributed by atoms with E-state index in [2.05, 4.69) is 9.71 Å². The van der Waals surface area contributed by atoms with Gasteiger partial charge in [-0.2, -0.15) is 0 Å². The molecule has 6 nitrogen and oxygen atoms in total. The van der Waals surface area contributed by atoms with Gasteiger partial charge >= 0.3 is 0 Å². The fourth-order valence-corrected chi connectivity index (χ4v) is 3.33. The molecule has 0 bridgehead atoms. The van der Waals surface area contributed by atoms with Gasteiger partial charge in [0.05, 0.1) is 5.02 Å². The van der Waals surface area contributed by atoms with Gasteiger partial charge in [0.2, 0.25) is 10.0 Å². The van der Waals surface area contributed by atoms with E-state index in [0.29, 0.717) is 12.1 Å². The number of nitrogens with two attached hydrogens (primary N) is 1. The lowest BCUT2D eigenvalue weighted by atomic mass is 10.3. The maximum absolute atomic E-state index is 12.1. The molecule has 0 aliphatic rings. The van der Waals surface area contributed by atoms with Crippen molar-refractivity contribution in [3.8, 4) is 0 Å². The Morgan fingerprint density at radius 3 is 2.80 bits per heavy atom. The van der Waals surface area contributed by atoms with E-state index in [1.165, 1.54) is 18.2 Å². The van der Waals surface area contributed by atoms with Gasteiger partial charge in [-0.05, 0) is 18.2 Å². The van der Waals surface area contributed by atoms with E-state index in [1.54, 1.807) is 12.4 Å². The van der Waals surface area contributed by atoms with E-state index in [9.17, 15) is 8.42 Å². The van der Waals surface area contributed by atoms with Crippen molar-refractivity contribution in [1.29, 1.82) is 0 Å². The number of aromatic nitrogens is 2. The second-order valence-corrected chi connectivity index (χ2v) is 6.43. The fourth-order valence-electron chi connectivity index (χ4n) is 1.75. The first-order valence-corrected chi connectivity index (χ1v) is 7.77. The van der Waals surface area contributed by atoms with Crippen molar-refractivity contribution in [1.82, 2.24) is 14.3 Å². The summed E-state index contributed by atoms with van der Waals surface area (Å²) in [7, 11) is -1.79. The average Bonchev–Trinajstić information content (AvgIpc) is 2.74. The SMILES string of the molecule is Cn1ccnc1CCNS(=O)(=O)c1ccc(N)cc1Cl. The topological polar surface area (TPSA) is 90.0 Å². The van der Waals surface area contributed by atoms with Gasteiger partial charge in [-0.3, -0.25) is 0 Å². The zero-order chi connectivity index (χ0) is 14.8. The molecule has 0 fully saturated rings. The third kappa shape index (κ3) is 3.30. The van der Waals surface area contributed by atoms with Gasteiger partial charge in [-0.1, -0.05) is 11.6 Å². The predicted molar refractivity (Wildman–Crippen MR) is 78.0 cm³/mol. The zero-order valence-electron chi connectivity index (χ0n) is 10.9. The minimum absolute atomic E-state index is 0.0215. The van der Waals surface area contributed by atoms with Crippen LogP contribution in [0.15, 0.2) is 35.5 Å². The highest BCUT2D eigenvalue weighted by Crippen LogP contribution is 2.23. The van der Waals surface area contributed by atoms with Crippen molar-refractivity contribution in [2.45, 2.75) is 11.3 Å². The molecule has 3 N–H and O–H groups in total. The molecule has 0 spiro atoms. The van der Waals surface area contributed by atoms with Gasteiger partial charge in [-0.15, -0.1) is 0 Å². The minimum atomic E-state index is -3.65. The first-order chi connectivity index (χ1) is 9.40. The second-order valence-electron chi connectivity index (χ2n) is 4.29. The molecule has 20 heavy (non-hydrogen) atoms. The van der Waals surface area contributed by atoms with Crippen LogP contribution in [0.3, 0.4) is 0 Å². The molecule has 0 amide bonds. The van der Waals surface area contributed by atoms with Crippen molar-refractivity contribution < 1.29 is 8.42 Å². The van der Waals surface area contributed by atoms with E-state index in [-0.39, 0.29) is 16.5 Å². The Morgan fingerprint density at radius 2 is 2.20 bits per heavy atom. The van der Waals surface area contributed by atoms with Gasteiger partial charge in [0.1, 0.15) is 10.7 Å². The van der Waals surface area contributed by atoms with Crippen molar-refractivity contribution in [2.75, 3.05) is 12.3 Å². The lowest BCUT2D eigenvalue weighted by Crippen LogP contribution is -2.26. The maximum atomic E-state index is 12.1. The number of anilines is 1. The molecule has 1 aromatic heterocycles. The molecule has 2 aromatic rings. The summed E-state index contributed by atoms with van der Waals surface area (Å²) in [4.78, 5) is 4.14. The summed E-state index contributed by atoms with van der Waals surface area (Å²) in [6, 6.07) is 4.30. The Morgan fingerprint density at radius 1 is 1.45 bits per heavy atom. The highest BCUT2D eigenvalue weighted by molar-refractivity contribution is 7.89. The Hall–Kier alpha value is -1.57. The minimum Gasteiger partial charge on any atom is -0.399 e. The molecule has 0 aliphatic heterocycles. The average molecular weight is 315 g/mol. The molecule has 8 heteroatoms. The number of hydrogen-bond donors (Lipinski definition) is 2. The first-order valence-electron chi connectivity index (χ1n) is 5.91. The van der Waals surface area contributed by atoms with Gasteiger partial charge in [0.25, 0.3) is 0 Å². The summed E-state index contributed by atoms with van der Waals surface area (Å²) in [5.41, 5.74) is 5.96. The van der Waals surface area contributed by atoms with E-state index >= 15 is 0 Å². The molecule has 0 atom stereocenters. The number of nitrogen functional groups attached to an aromatic ring is 1. The Balaban J connectivity index is 2.06. The molecule has 0 saturated carbocycles. The number of halogens is 1. The quantitative estimate of drug-likeness (QED) is 0.811. The van der Waals surface area contributed by atoms with Gasteiger partial charge in [0.15, 0.2) is 0 Å². The second kappa shape index (κ2) is 5.82. The van der Waals surface area contributed by atoms with Crippen LogP contribution in [-0.2, 0) is 23.5 Å². The van der Waals surface area contributed by atoms with E-state index in [0.717, 1.165) is 5.82 Å². The van der Waals surface area contributed by atoms with Crippen LogP contribution in [0.4, 0.5) is 5.69 Å². The normalized spacial score (nSPS) is 11.7. The van der Waals surface area contributed by atoms with Crippen molar-refractivity contribution >= 4 is 27.3 Å². The Labute approximate surface area is 122 Å². The van der Waals surface area contributed by atoms with Gasteiger partial charge in [0, 0.05) is 38.1 Å². The summed E-state index contributed by atoms with van der Waals surface area (Å²) in [5, 5.41) is 0.106. The largest absolute Gasteiger partial charge is 0.399 e. The monoisotopic (exact) mass is 314 g/mol. The molecule has 1 heterocycles. The third-order valence-electron chi connectivity index (χ3n) is 2.81. The summed E-state index contributed by atoms with van der Waals surface area (Å²) in [5.74, 6) is 0.802. The number of nitrogens with one attached hydrogen (secondary N) is 1.